The summed E-state index contributed by atoms with van der Waals surface area (Å²) in [5, 5.41) is 2.68. The topological polar surface area (TPSA) is 58.4 Å². The number of carbonyl (C=O) groups excluding carboxylic acids is 1. The quantitative estimate of drug-likeness (QED) is 0.769. The Balaban J connectivity index is 2.58. The van der Waals surface area contributed by atoms with Gasteiger partial charge in [-0.3, -0.25) is 9.69 Å². The molecular formula is C12H18FN3O. The van der Waals surface area contributed by atoms with E-state index in [1.54, 1.807) is 0 Å². The first-order valence-electron chi connectivity index (χ1n) is 5.64. The number of amides is 1. The van der Waals surface area contributed by atoms with Gasteiger partial charge >= 0.3 is 0 Å². The molecule has 94 valence electrons. The molecular weight excluding hydrogens is 221 g/mol. The summed E-state index contributed by atoms with van der Waals surface area (Å²) < 4.78 is 12.9. The number of halogens is 1. The van der Waals surface area contributed by atoms with Crippen molar-refractivity contribution >= 4 is 17.3 Å². The van der Waals surface area contributed by atoms with E-state index in [1.165, 1.54) is 18.2 Å². The molecule has 1 rings (SSSR count). The molecule has 17 heavy (non-hydrogen) atoms. The number of likely N-dealkylation sites (N-methyl/N-ethyl adjacent to an activating group) is 1. The predicted octanol–water partition coefficient (Wildman–Crippen LogP) is 1.69. The van der Waals surface area contributed by atoms with Crippen molar-refractivity contribution in [3.05, 3.63) is 24.0 Å². The van der Waals surface area contributed by atoms with Crippen LogP contribution in [0.25, 0.3) is 0 Å². The number of hydrogen-bond donors (Lipinski definition) is 2. The van der Waals surface area contributed by atoms with Gasteiger partial charge in [-0.1, -0.05) is 13.8 Å². The van der Waals surface area contributed by atoms with Crippen LogP contribution in [0.15, 0.2) is 18.2 Å². The number of benzene rings is 1. The van der Waals surface area contributed by atoms with Gasteiger partial charge in [-0.05, 0) is 31.3 Å². The van der Waals surface area contributed by atoms with Gasteiger partial charge in [0.1, 0.15) is 5.82 Å². The number of nitrogens with two attached hydrogens (primary N) is 1. The maximum absolute atomic E-state index is 12.9. The molecule has 0 bridgehead atoms. The Labute approximate surface area is 101 Å². The molecule has 0 fully saturated rings. The minimum absolute atomic E-state index is 0.0330. The lowest BCUT2D eigenvalue weighted by Gasteiger charge is -2.17. The number of rotatable bonds is 5. The SMILES string of the molecule is CCN(CC)CC(=O)Nc1ccc(F)c(N)c1. The van der Waals surface area contributed by atoms with Crippen molar-refractivity contribution in [2.45, 2.75) is 13.8 Å². The Kier molecular flexibility index (Phi) is 4.90. The second kappa shape index (κ2) is 6.20. The second-order valence-electron chi connectivity index (χ2n) is 3.75. The minimum Gasteiger partial charge on any atom is -0.396 e. The Hall–Kier alpha value is -1.62. The first kappa shape index (κ1) is 13.4. The van der Waals surface area contributed by atoms with Crippen LogP contribution in [-0.2, 0) is 4.79 Å². The van der Waals surface area contributed by atoms with Crippen LogP contribution in [0, 0.1) is 5.82 Å². The molecule has 0 radical (unpaired) electrons. The number of nitrogens with one attached hydrogen (secondary N) is 1. The highest BCUT2D eigenvalue weighted by Crippen LogP contribution is 2.16. The van der Waals surface area contributed by atoms with Gasteiger partial charge in [-0.25, -0.2) is 4.39 Å². The number of carbonyl (C=O) groups is 1. The van der Waals surface area contributed by atoms with Crippen molar-refractivity contribution < 1.29 is 9.18 Å². The molecule has 0 unspecified atom stereocenters. The molecule has 0 heterocycles. The Morgan fingerprint density at radius 2 is 2.06 bits per heavy atom. The van der Waals surface area contributed by atoms with Crippen molar-refractivity contribution in [1.82, 2.24) is 4.90 Å². The second-order valence-corrected chi connectivity index (χ2v) is 3.75. The van der Waals surface area contributed by atoms with E-state index in [0.717, 1.165) is 13.1 Å². The third-order valence-corrected chi connectivity index (χ3v) is 2.54. The lowest BCUT2D eigenvalue weighted by Crippen LogP contribution is -2.32. The maximum Gasteiger partial charge on any atom is 0.238 e. The van der Waals surface area contributed by atoms with E-state index in [-0.39, 0.29) is 11.6 Å². The monoisotopic (exact) mass is 239 g/mol. The first-order valence-corrected chi connectivity index (χ1v) is 5.64. The summed E-state index contributed by atoms with van der Waals surface area (Å²) in [6.07, 6.45) is 0. The van der Waals surface area contributed by atoms with Crippen molar-refractivity contribution in [1.29, 1.82) is 0 Å². The molecule has 1 aromatic rings. The molecule has 0 spiro atoms. The fraction of sp³-hybridized carbons (Fsp3) is 0.417. The zero-order valence-electron chi connectivity index (χ0n) is 10.2. The average molecular weight is 239 g/mol. The molecule has 0 aliphatic rings. The number of anilines is 2. The Bertz CT molecular complexity index is 391. The zero-order chi connectivity index (χ0) is 12.8. The van der Waals surface area contributed by atoms with Crippen molar-refractivity contribution in [3.8, 4) is 0 Å². The van der Waals surface area contributed by atoms with E-state index in [2.05, 4.69) is 5.32 Å². The van der Waals surface area contributed by atoms with E-state index in [4.69, 9.17) is 5.73 Å². The Morgan fingerprint density at radius 3 is 2.59 bits per heavy atom. The third-order valence-electron chi connectivity index (χ3n) is 2.54. The van der Waals surface area contributed by atoms with Gasteiger partial charge in [0.25, 0.3) is 0 Å². The van der Waals surface area contributed by atoms with Gasteiger partial charge in [0, 0.05) is 5.69 Å². The molecule has 0 saturated heterocycles. The predicted molar refractivity (Wildman–Crippen MR) is 67.2 cm³/mol. The van der Waals surface area contributed by atoms with Crippen LogP contribution < -0.4 is 11.1 Å². The highest BCUT2D eigenvalue weighted by molar-refractivity contribution is 5.92. The van der Waals surface area contributed by atoms with Crippen molar-refractivity contribution in [2.24, 2.45) is 0 Å². The summed E-state index contributed by atoms with van der Waals surface area (Å²) in [5.41, 5.74) is 5.96. The molecule has 0 aliphatic heterocycles. The van der Waals surface area contributed by atoms with Gasteiger partial charge in [0.05, 0.1) is 12.2 Å². The number of hydrogen-bond acceptors (Lipinski definition) is 3. The molecule has 0 saturated carbocycles. The van der Waals surface area contributed by atoms with Crippen LogP contribution in [0.5, 0.6) is 0 Å². The molecule has 3 N–H and O–H groups in total. The normalized spacial score (nSPS) is 10.6. The first-order chi connectivity index (χ1) is 8.06. The smallest absolute Gasteiger partial charge is 0.238 e. The molecule has 1 aromatic carbocycles. The van der Waals surface area contributed by atoms with Gasteiger partial charge in [-0.2, -0.15) is 0 Å². The van der Waals surface area contributed by atoms with E-state index >= 15 is 0 Å². The fourth-order valence-corrected chi connectivity index (χ4v) is 1.47. The maximum atomic E-state index is 12.9. The van der Waals surface area contributed by atoms with Gasteiger partial charge in [0.2, 0.25) is 5.91 Å². The van der Waals surface area contributed by atoms with Crippen LogP contribution in [-0.4, -0.2) is 30.4 Å². The largest absolute Gasteiger partial charge is 0.396 e. The Morgan fingerprint density at radius 1 is 1.41 bits per heavy atom. The van der Waals surface area contributed by atoms with Crippen molar-refractivity contribution in [2.75, 3.05) is 30.7 Å². The summed E-state index contributed by atoms with van der Waals surface area (Å²) in [7, 11) is 0. The van der Waals surface area contributed by atoms with Crippen LogP contribution in [0.3, 0.4) is 0 Å². The van der Waals surface area contributed by atoms with Gasteiger partial charge in [0.15, 0.2) is 0 Å². The van der Waals surface area contributed by atoms with E-state index in [0.29, 0.717) is 12.2 Å². The summed E-state index contributed by atoms with van der Waals surface area (Å²) in [6.45, 7) is 5.94. The van der Waals surface area contributed by atoms with Crippen LogP contribution in [0.1, 0.15) is 13.8 Å². The minimum atomic E-state index is -0.480. The van der Waals surface area contributed by atoms with Gasteiger partial charge in [-0.15, -0.1) is 0 Å². The molecule has 1 amide bonds. The van der Waals surface area contributed by atoms with E-state index in [1.807, 2.05) is 18.7 Å². The summed E-state index contributed by atoms with van der Waals surface area (Å²) in [6, 6.07) is 4.14. The zero-order valence-corrected chi connectivity index (χ0v) is 10.2. The third kappa shape index (κ3) is 4.03. The summed E-state index contributed by atoms with van der Waals surface area (Å²) >= 11 is 0. The fourth-order valence-electron chi connectivity index (χ4n) is 1.47. The standard InChI is InChI=1S/C12H18FN3O/c1-3-16(4-2)8-12(17)15-9-5-6-10(13)11(14)7-9/h5-7H,3-4,8,14H2,1-2H3,(H,15,17). The van der Waals surface area contributed by atoms with E-state index < -0.39 is 5.82 Å². The molecule has 5 heteroatoms. The molecule has 0 aromatic heterocycles. The molecule has 0 aliphatic carbocycles. The lowest BCUT2D eigenvalue weighted by molar-refractivity contribution is -0.117. The highest BCUT2D eigenvalue weighted by Gasteiger charge is 2.08. The number of nitrogen functional groups attached to an aromatic ring is 1. The van der Waals surface area contributed by atoms with Gasteiger partial charge < -0.3 is 11.1 Å². The van der Waals surface area contributed by atoms with Crippen LogP contribution >= 0.6 is 0 Å². The highest BCUT2D eigenvalue weighted by atomic mass is 19.1. The van der Waals surface area contributed by atoms with E-state index in [9.17, 15) is 9.18 Å². The summed E-state index contributed by atoms with van der Waals surface area (Å²) in [4.78, 5) is 13.6. The van der Waals surface area contributed by atoms with Crippen LogP contribution in [0.4, 0.5) is 15.8 Å². The summed E-state index contributed by atoms with van der Waals surface area (Å²) in [5.74, 6) is -0.605. The van der Waals surface area contributed by atoms with Crippen LogP contribution in [0.2, 0.25) is 0 Å². The van der Waals surface area contributed by atoms with Crippen molar-refractivity contribution in [3.63, 3.8) is 0 Å². The molecule has 4 nitrogen and oxygen atoms in total. The number of nitrogens with zero attached hydrogens (tertiary/aromatic N) is 1. The average Bonchev–Trinajstić information content (AvgIpc) is 2.31. The molecule has 0 atom stereocenters. The lowest BCUT2D eigenvalue weighted by atomic mass is 10.2.